The molecule has 0 aliphatic carbocycles. The Morgan fingerprint density at radius 1 is 1.06 bits per heavy atom. The second-order valence-electron chi connectivity index (χ2n) is 9.83. The molecule has 3 aliphatic heterocycles. The van der Waals surface area contributed by atoms with Crippen molar-refractivity contribution in [1.29, 1.82) is 0 Å². The number of halogens is 3. The molecule has 0 radical (unpaired) electrons. The van der Waals surface area contributed by atoms with E-state index >= 15 is 0 Å². The maximum absolute atomic E-state index is 13.4. The topological polar surface area (TPSA) is 69.0 Å². The van der Waals surface area contributed by atoms with Crippen molar-refractivity contribution in [3.63, 3.8) is 0 Å². The van der Waals surface area contributed by atoms with Gasteiger partial charge in [0.15, 0.2) is 5.76 Å². The lowest BCUT2D eigenvalue weighted by molar-refractivity contribution is -0.137. The highest BCUT2D eigenvalue weighted by atomic mass is 19.4. The number of hydrogen-bond donors (Lipinski definition) is 1. The lowest BCUT2D eigenvalue weighted by atomic mass is 9.82. The van der Waals surface area contributed by atoms with Gasteiger partial charge < -0.3 is 24.4 Å². The Hall–Kier alpha value is -3.01. The van der Waals surface area contributed by atoms with Crippen LogP contribution in [-0.4, -0.2) is 73.5 Å². The second kappa shape index (κ2) is 10.2. The van der Waals surface area contributed by atoms with Gasteiger partial charge in [0.2, 0.25) is 5.91 Å². The summed E-state index contributed by atoms with van der Waals surface area (Å²) in [6.45, 7) is 4.40. The van der Waals surface area contributed by atoms with Crippen molar-refractivity contribution in [3.8, 4) is 0 Å². The summed E-state index contributed by atoms with van der Waals surface area (Å²) in [5.74, 6) is -0.772. The molecule has 1 aromatic carbocycles. The van der Waals surface area contributed by atoms with Crippen molar-refractivity contribution in [2.24, 2.45) is 5.92 Å². The smallest absolute Gasteiger partial charge is 0.416 e. The Kier molecular flexibility index (Phi) is 6.96. The van der Waals surface area contributed by atoms with Crippen molar-refractivity contribution >= 4 is 17.5 Å². The van der Waals surface area contributed by atoms with Crippen LogP contribution in [0, 0.1) is 5.92 Å². The summed E-state index contributed by atoms with van der Waals surface area (Å²) >= 11 is 0. The Labute approximate surface area is 208 Å². The van der Waals surface area contributed by atoms with Gasteiger partial charge in [-0.2, -0.15) is 13.2 Å². The van der Waals surface area contributed by atoms with E-state index in [2.05, 4.69) is 10.2 Å². The number of carbonyl (C=O) groups is 2. The van der Waals surface area contributed by atoms with E-state index in [-0.39, 0.29) is 30.0 Å². The number of benzene rings is 1. The predicted molar refractivity (Wildman–Crippen MR) is 128 cm³/mol. The van der Waals surface area contributed by atoms with Crippen LogP contribution in [0.4, 0.5) is 18.9 Å². The Balaban J connectivity index is 1.36. The number of furan rings is 1. The molecule has 5 rings (SSSR count). The normalized spacial score (nSPS) is 22.6. The molecule has 0 unspecified atom stereocenters. The number of nitrogens with zero attached hydrogens (tertiary/aromatic N) is 3. The fourth-order valence-corrected chi connectivity index (χ4v) is 5.69. The van der Waals surface area contributed by atoms with E-state index in [1.54, 1.807) is 17.0 Å². The summed E-state index contributed by atoms with van der Waals surface area (Å²) in [5, 5.41) is 3.03. The van der Waals surface area contributed by atoms with Crippen LogP contribution in [0.3, 0.4) is 0 Å². The zero-order valence-corrected chi connectivity index (χ0v) is 20.1. The first kappa shape index (κ1) is 24.7. The summed E-state index contributed by atoms with van der Waals surface area (Å²) in [6, 6.07) is 6.68. The molecule has 2 saturated heterocycles. The molecule has 4 heterocycles. The molecule has 0 spiro atoms. The number of nitrogens with one attached hydrogen (secondary N) is 1. The van der Waals surface area contributed by atoms with Gasteiger partial charge in [0.1, 0.15) is 0 Å². The minimum Gasteiger partial charge on any atom is -0.459 e. The zero-order valence-electron chi connectivity index (χ0n) is 20.1. The number of hydrogen-bond acceptors (Lipinski definition) is 5. The lowest BCUT2D eigenvalue weighted by Gasteiger charge is -2.49. The average molecular weight is 505 g/mol. The molecule has 2 amide bonds. The van der Waals surface area contributed by atoms with Gasteiger partial charge in [-0.05, 0) is 68.2 Å². The molecular formula is C26H31F3N4O3. The number of carbonyl (C=O) groups excluding carboxylic acids is 2. The largest absolute Gasteiger partial charge is 0.459 e. The Bertz CT molecular complexity index is 1080. The second-order valence-corrected chi connectivity index (χ2v) is 9.83. The molecule has 2 fully saturated rings. The minimum atomic E-state index is -4.45. The van der Waals surface area contributed by atoms with Gasteiger partial charge in [-0.1, -0.05) is 6.42 Å². The van der Waals surface area contributed by atoms with E-state index in [4.69, 9.17) is 4.42 Å². The number of piperidine rings is 1. The third-order valence-corrected chi connectivity index (χ3v) is 7.57. The van der Waals surface area contributed by atoms with Gasteiger partial charge in [-0.15, -0.1) is 0 Å². The monoisotopic (exact) mass is 504 g/mol. The van der Waals surface area contributed by atoms with Crippen LogP contribution < -0.4 is 10.2 Å². The van der Waals surface area contributed by atoms with Gasteiger partial charge >= 0.3 is 6.18 Å². The highest BCUT2D eigenvalue weighted by Gasteiger charge is 2.43. The summed E-state index contributed by atoms with van der Waals surface area (Å²) in [7, 11) is 0. The molecule has 1 N–H and O–H groups in total. The van der Waals surface area contributed by atoms with E-state index in [9.17, 15) is 22.8 Å². The first-order valence-electron chi connectivity index (χ1n) is 12.6. The molecule has 2 aromatic rings. The Morgan fingerprint density at radius 3 is 2.58 bits per heavy atom. The van der Waals surface area contributed by atoms with Crippen molar-refractivity contribution in [3.05, 3.63) is 53.5 Å². The van der Waals surface area contributed by atoms with Crippen LogP contribution in [0.1, 0.15) is 40.9 Å². The predicted octanol–water partition coefficient (Wildman–Crippen LogP) is 3.40. The molecule has 1 aromatic heterocycles. The summed E-state index contributed by atoms with van der Waals surface area (Å²) in [6.07, 6.45) is 0.730. The van der Waals surface area contributed by atoms with Crippen molar-refractivity contribution in [2.45, 2.75) is 37.9 Å². The van der Waals surface area contributed by atoms with E-state index in [1.807, 2.05) is 4.90 Å². The van der Waals surface area contributed by atoms with Crippen molar-refractivity contribution < 1.29 is 27.2 Å². The van der Waals surface area contributed by atoms with E-state index in [1.165, 1.54) is 24.8 Å². The molecule has 2 atom stereocenters. The van der Waals surface area contributed by atoms with Gasteiger partial charge in [-0.25, -0.2) is 0 Å². The zero-order chi connectivity index (χ0) is 25.3. The molecule has 3 aliphatic rings. The van der Waals surface area contributed by atoms with Crippen molar-refractivity contribution in [2.75, 3.05) is 50.7 Å². The van der Waals surface area contributed by atoms with E-state index in [0.717, 1.165) is 38.5 Å². The van der Waals surface area contributed by atoms with Crippen LogP contribution in [-0.2, 0) is 17.4 Å². The first-order chi connectivity index (χ1) is 17.3. The van der Waals surface area contributed by atoms with Gasteiger partial charge in [-0.3, -0.25) is 9.59 Å². The number of anilines is 1. The Morgan fingerprint density at radius 2 is 1.86 bits per heavy atom. The fourth-order valence-electron chi connectivity index (χ4n) is 5.69. The van der Waals surface area contributed by atoms with Crippen LogP contribution >= 0.6 is 0 Å². The highest BCUT2D eigenvalue weighted by Crippen LogP contribution is 2.40. The van der Waals surface area contributed by atoms with Crippen LogP contribution in [0.25, 0.3) is 0 Å². The summed E-state index contributed by atoms with van der Waals surface area (Å²) in [5.41, 5.74) is 0.508. The SMILES string of the molecule is O=C(NCCN1CCCCC1)[C@@H]1Cc2cc(C(F)(F)F)ccc2N2CCN(C(=O)c3ccco3)C[C@H]12. The van der Waals surface area contributed by atoms with Gasteiger partial charge in [0.05, 0.1) is 23.8 Å². The van der Waals surface area contributed by atoms with Gasteiger partial charge in [0, 0.05) is 38.4 Å². The molecule has 0 saturated carbocycles. The third-order valence-electron chi connectivity index (χ3n) is 7.57. The fraction of sp³-hybridized carbons (Fsp3) is 0.538. The molecule has 0 bridgehead atoms. The van der Waals surface area contributed by atoms with Crippen molar-refractivity contribution in [1.82, 2.24) is 15.1 Å². The summed E-state index contributed by atoms with van der Waals surface area (Å²) < 4.78 is 45.5. The number of likely N-dealkylation sites (tertiary alicyclic amines) is 1. The van der Waals surface area contributed by atoms with Crippen LogP contribution in [0.5, 0.6) is 0 Å². The molecule has 10 heteroatoms. The third kappa shape index (κ3) is 5.09. The number of rotatable bonds is 5. The van der Waals surface area contributed by atoms with Gasteiger partial charge in [0.25, 0.3) is 5.91 Å². The number of fused-ring (bicyclic) bond motifs is 3. The quantitative estimate of drug-likeness (QED) is 0.676. The minimum absolute atomic E-state index is 0.183. The number of alkyl halides is 3. The maximum atomic E-state index is 13.4. The molecular weight excluding hydrogens is 473 g/mol. The standard InChI is InChI=1S/C26H31F3N4O3/c27-26(28,29)19-6-7-21-18(15-19)16-20(24(34)30-8-11-31-9-2-1-3-10-31)22-17-32(12-13-33(21)22)25(35)23-5-4-14-36-23/h4-7,14-15,20,22H,1-3,8-13,16-17H2,(H,30,34)/t20-,22-/m1/s1. The van der Waals surface area contributed by atoms with E-state index < -0.39 is 17.7 Å². The van der Waals surface area contributed by atoms with E-state index in [0.29, 0.717) is 37.4 Å². The highest BCUT2D eigenvalue weighted by molar-refractivity contribution is 5.92. The number of amides is 2. The van der Waals surface area contributed by atoms with Crippen LogP contribution in [0.15, 0.2) is 41.0 Å². The average Bonchev–Trinajstić information content (AvgIpc) is 3.42. The van der Waals surface area contributed by atoms with Crippen LogP contribution in [0.2, 0.25) is 0 Å². The number of piperazine rings is 1. The molecule has 36 heavy (non-hydrogen) atoms. The molecule has 194 valence electrons. The maximum Gasteiger partial charge on any atom is 0.416 e. The summed E-state index contributed by atoms with van der Waals surface area (Å²) in [4.78, 5) is 32.3. The molecule has 7 nitrogen and oxygen atoms in total. The lowest BCUT2D eigenvalue weighted by Crippen LogP contribution is -2.62. The first-order valence-corrected chi connectivity index (χ1v) is 12.6.